The van der Waals surface area contributed by atoms with Gasteiger partial charge in [0.2, 0.25) is 0 Å². The normalized spacial score (nSPS) is 19.2. The highest BCUT2D eigenvalue weighted by molar-refractivity contribution is 6.01. The lowest BCUT2D eigenvalue weighted by atomic mass is 9.74. The number of benzene rings is 2. The van der Waals surface area contributed by atoms with Crippen LogP contribution in [0.1, 0.15) is 47.4 Å². The predicted octanol–water partition coefficient (Wildman–Crippen LogP) is 5.63. The zero-order valence-electron chi connectivity index (χ0n) is 17.8. The van der Waals surface area contributed by atoms with Gasteiger partial charge in [0, 0.05) is 23.4 Å². The molecule has 2 aliphatic rings. The number of hydrogen-bond donors (Lipinski definition) is 1. The SMILES string of the molecule is Cc1ccc(C)c(C2C(C#N)=C(N)N(c3ccc(C(F)(F)F)cc3)C3=C2C(=O)CCC3)c1. The lowest BCUT2D eigenvalue weighted by Gasteiger charge is -2.40. The van der Waals surface area contributed by atoms with Crippen molar-refractivity contribution in [2.45, 2.75) is 45.2 Å². The molecule has 1 aliphatic carbocycles. The van der Waals surface area contributed by atoms with Gasteiger partial charge in [-0.2, -0.15) is 18.4 Å². The average molecular weight is 437 g/mol. The fourth-order valence-corrected chi connectivity index (χ4v) is 4.56. The van der Waals surface area contributed by atoms with Crippen LogP contribution in [0.4, 0.5) is 18.9 Å². The molecule has 4 rings (SSSR count). The Morgan fingerprint density at radius 2 is 1.78 bits per heavy atom. The minimum Gasteiger partial charge on any atom is -0.384 e. The standard InChI is InChI=1S/C25H22F3N3O/c1-14-6-7-15(2)18(12-14)22-19(13-29)24(30)31(20-4-3-5-21(32)23(20)22)17-10-8-16(9-11-17)25(26,27)28/h6-12,22H,3-5,30H2,1-2H3. The van der Waals surface area contributed by atoms with E-state index in [4.69, 9.17) is 5.73 Å². The van der Waals surface area contributed by atoms with Crippen LogP contribution >= 0.6 is 0 Å². The summed E-state index contributed by atoms with van der Waals surface area (Å²) in [5.41, 5.74) is 10.3. The first-order valence-corrected chi connectivity index (χ1v) is 10.3. The second kappa shape index (κ2) is 7.86. The Morgan fingerprint density at radius 3 is 2.41 bits per heavy atom. The Kier molecular flexibility index (Phi) is 5.33. The third kappa shape index (κ3) is 3.56. The lowest BCUT2D eigenvalue weighted by molar-refractivity contribution is -0.137. The maximum Gasteiger partial charge on any atom is 0.416 e. The molecule has 1 unspecified atom stereocenters. The molecule has 0 saturated heterocycles. The highest BCUT2D eigenvalue weighted by Gasteiger charge is 2.41. The molecule has 1 aliphatic heterocycles. The highest BCUT2D eigenvalue weighted by atomic mass is 19.4. The first-order chi connectivity index (χ1) is 15.1. The third-order valence-corrected chi connectivity index (χ3v) is 6.11. The predicted molar refractivity (Wildman–Crippen MR) is 115 cm³/mol. The van der Waals surface area contributed by atoms with Crippen LogP contribution in [-0.2, 0) is 11.0 Å². The molecule has 164 valence electrons. The van der Waals surface area contributed by atoms with E-state index in [1.54, 1.807) is 4.90 Å². The van der Waals surface area contributed by atoms with Crippen molar-refractivity contribution >= 4 is 11.5 Å². The summed E-state index contributed by atoms with van der Waals surface area (Å²) in [5, 5.41) is 10.0. The molecule has 0 saturated carbocycles. The minimum atomic E-state index is -4.46. The largest absolute Gasteiger partial charge is 0.416 e. The molecule has 7 heteroatoms. The summed E-state index contributed by atoms with van der Waals surface area (Å²) in [6.45, 7) is 3.87. The molecular weight excluding hydrogens is 415 g/mol. The molecule has 2 aromatic rings. The maximum absolute atomic E-state index is 13.1. The molecule has 2 N–H and O–H groups in total. The van der Waals surface area contributed by atoms with Crippen LogP contribution < -0.4 is 10.6 Å². The van der Waals surface area contributed by atoms with Gasteiger partial charge in [-0.1, -0.05) is 23.8 Å². The molecule has 0 radical (unpaired) electrons. The summed E-state index contributed by atoms with van der Waals surface area (Å²) >= 11 is 0. The number of carbonyl (C=O) groups excluding carboxylic acids is 1. The summed E-state index contributed by atoms with van der Waals surface area (Å²) in [6, 6.07) is 12.7. The van der Waals surface area contributed by atoms with Gasteiger partial charge < -0.3 is 5.73 Å². The summed E-state index contributed by atoms with van der Waals surface area (Å²) in [7, 11) is 0. The molecule has 1 heterocycles. The lowest BCUT2D eigenvalue weighted by Crippen LogP contribution is -2.38. The second-order valence-electron chi connectivity index (χ2n) is 8.22. The number of rotatable bonds is 2. The molecule has 0 amide bonds. The van der Waals surface area contributed by atoms with E-state index >= 15 is 0 Å². The van der Waals surface area contributed by atoms with Crippen LogP contribution in [0.2, 0.25) is 0 Å². The van der Waals surface area contributed by atoms with Crippen molar-refractivity contribution in [2.24, 2.45) is 5.73 Å². The minimum absolute atomic E-state index is 0.0608. The van der Waals surface area contributed by atoms with E-state index in [9.17, 15) is 23.2 Å². The monoisotopic (exact) mass is 437 g/mol. The van der Waals surface area contributed by atoms with Crippen molar-refractivity contribution in [1.29, 1.82) is 5.26 Å². The van der Waals surface area contributed by atoms with Crippen molar-refractivity contribution in [1.82, 2.24) is 0 Å². The van der Waals surface area contributed by atoms with E-state index in [0.29, 0.717) is 36.2 Å². The third-order valence-electron chi connectivity index (χ3n) is 6.11. The molecule has 2 aromatic carbocycles. The molecule has 0 aromatic heterocycles. The fourth-order valence-electron chi connectivity index (χ4n) is 4.56. The van der Waals surface area contributed by atoms with Gasteiger partial charge >= 0.3 is 6.18 Å². The number of aryl methyl sites for hydroxylation is 2. The summed E-state index contributed by atoms with van der Waals surface area (Å²) in [5.74, 6) is -0.505. The van der Waals surface area contributed by atoms with Crippen LogP contribution in [0.25, 0.3) is 0 Å². The van der Waals surface area contributed by atoms with Crippen molar-refractivity contribution in [3.63, 3.8) is 0 Å². The van der Waals surface area contributed by atoms with Crippen molar-refractivity contribution in [2.75, 3.05) is 4.90 Å². The number of nitriles is 1. The highest BCUT2D eigenvalue weighted by Crippen LogP contribution is 2.47. The number of allylic oxidation sites excluding steroid dienone is 3. The number of carbonyl (C=O) groups is 1. The number of alkyl halides is 3. The van der Waals surface area contributed by atoms with Crippen molar-refractivity contribution in [3.05, 3.63) is 87.4 Å². The van der Waals surface area contributed by atoms with E-state index in [1.807, 2.05) is 32.0 Å². The van der Waals surface area contributed by atoms with Crippen molar-refractivity contribution < 1.29 is 18.0 Å². The Bertz CT molecular complexity index is 1200. The zero-order chi connectivity index (χ0) is 23.2. The van der Waals surface area contributed by atoms with E-state index in [1.165, 1.54) is 12.1 Å². The summed E-state index contributed by atoms with van der Waals surface area (Å²) in [6.07, 6.45) is -2.94. The number of nitrogens with two attached hydrogens (primary N) is 1. The van der Waals surface area contributed by atoms with Gasteiger partial charge in [-0.3, -0.25) is 9.69 Å². The Labute approximate surface area is 184 Å². The smallest absolute Gasteiger partial charge is 0.384 e. The van der Waals surface area contributed by atoms with Gasteiger partial charge in [-0.15, -0.1) is 0 Å². The van der Waals surface area contributed by atoms with Crippen LogP contribution in [0, 0.1) is 25.2 Å². The quantitative estimate of drug-likeness (QED) is 0.661. The van der Waals surface area contributed by atoms with E-state index in [-0.39, 0.29) is 17.2 Å². The van der Waals surface area contributed by atoms with E-state index < -0.39 is 17.7 Å². The number of ketones is 1. The topological polar surface area (TPSA) is 70.1 Å². The van der Waals surface area contributed by atoms with E-state index in [2.05, 4.69) is 6.07 Å². The van der Waals surface area contributed by atoms with Gasteiger partial charge in [-0.05, 0) is 62.1 Å². The van der Waals surface area contributed by atoms with Gasteiger partial charge in [0.15, 0.2) is 5.78 Å². The van der Waals surface area contributed by atoms with Crippen LogP contribution in [0.3, 0.4) is 0 Å². The van der Waals surface area contributed by atoms with Gasteiger partial charge in [0.05, 0.1) is 23.1 Å². The van der Waals surface area contributed by atoms with Crippen molar-refractivity contribution in [3.8, 4) is 6.07 Å². The van der Waals surface area contributed by atoms with Crippen LogP contribution in [-0.4, -0.2) is 5.78 Å². The molecule has 1 atom stereocenters. The number of Topliss-reactive ketones (excluding diaryl/α,β-unsaturated/α-hetero) is 1. The maximum atomic E-state index is 13.1. The van der Waals surface area contributed by atoms with Crippen LogP contribution in [0.15, 0.2) is 65.1 Å². The van der Waals surface area contributed by atoms with Crippen LogP contribution in [0.5, 0.6) is 0 Å². The molecular formula is C25H22F3N3O. The Balaban J connectivity index is 1.94. The number of anilines is 1. The van der Waals surface area contributed by atoms with Gasteiger partial charge in [0.1, 0.15) is 5.82 Å². The van der Waals surface area contributed by atoms with Gasteiger partial charge in [-0.25, -0.2) is 0 Å². The molecule has 0 spiro atoms. The summed E-state index contributed by atoms with van der Waals surface area (Å²) < 4.78 is 39.1. The fraction of sp³-hybridized carbons (Fsp3) is 0.280. The van der Waals surface area contributed by atoms with E-state index in [0.717, 1.165) is 28.8 Å². The first-order valence-electron chi connectivity index (χ1n) is 10.3. The Hall–Kier alpha value is -3.53. The number of halogens is 3. The molecule has 0 bridgehead atoms. The average Bonchev–Trinajstić information content (AvgIpc) is 2.74. The molecule has 4 nitrogen and oxygen atoms in total. The second-order valence-corrected chi connectivity index (χ2v) is 8.22. The number of hydrogen-bond acceptors (Lipinski definition) is 4. The molecule has 0 fully saturated rings. The first kappa shape index (κ1) is 21.7. The summed E-state index contributed by atoms with van der Waals surface area (Å²) in [4.78, 5) is 14.7. The molecule has 32 heavy (non-hydrogen) atoms. The Morgan fingerprint density at radius 1 is 1.09 bits per heavy atom. The number of nitrogens with zero attached hydrogens (tertiary/aromatic N) is 2. The zero-order valence-corrected chi connectivity index (χ0v) is 17.8. The van der Waals surface area contributed by atoms with Gasteiger partial charge in [0.25, 0.3) is 0 Å².